The zero-order valence-corrected chi connectivity index (χ0v) is 11.9. The van der Waals surface area contributed by atoms with E-state index in [0.29, 0.717) is 4.48 Å². The summed E-state index contributed by atoms with van der Waals surface area (Å²) in [6.45, 7) is 0.0694. The highest BCUT2D eigenvalue weighted by Gasteiger charge is 2.04. The van der Waals surface area contributed by atoms with Crippen LogP contribution in [0.25, 0.3) is 0 Å². The lowest BCUT2D eigenvalue weighted by atomic mass is 10.5. The molecule has 0 atom stereocenters. The van der Waals surface area contributed by atoms with E-state index in [1.165, 1.54) is 0 Å². The number of carbonyl (C=O) groups is 1. The van der Waals surface area contributed by atoms with Gasteiger partial charge in [0.2, 0.25) is 0 Å². The first kappa shape index (κ1) is 13.4. The number of aliphatic carboxylic acids is 1. The van der Waals surface area contributed by atoms with Crippen molar-refractivity contribution in [2.45, 2.75) is 0 Å². The predicted octanol–water partition coefficient (Wildman–Crippen LogP) is -3.99. The molecule has 0 saturated heterocycles. The minimum Gasteiger partial charge on any atom is -0.544 e. The minimum atomic E-state index is -1.00. The Labute approximate surface area is 73.8 Å². The standard InChI is InChI=1S/C5H11NO2.H6OSi2/c1-6(2,3)4-5(7)8;2-1-3/h4H2,1-3H3;2-3H3. The number of likely N-dealkylation sites (N-methyl/N-ethyl adjacent to an activating group) is 1. The summed E-state index contributed by atoms with van der Waals surface area (Å²) in [5.41, 5.74) is 0. The van der Waals surface area contributed by atoms with Crippen LogP contribution in [0.4, 0.5) is 0 Å². The molecule has 0 unspecified atom stereocenters. The largest absolute Gasteiger partial charge is 0.544 e. The second-order valence-corrected chi connectivity index (χ2v) is 6.49. The molecule has 0 spiro atoms. The first-order valence-electron chi connectivity index (χ1n) is 3.24. The molecule has 0 aliphatic heterocycles. The fraction of sp³-hybridized carbons (Fsp3) is 0.800. The van der Waals surface area contributed by atoms with Gasteiger partial charge in [-0.15, -0.1) is 0 Å². The number of rotatable bonds is 2. The number of hydrogen-bond acceptors (Lipinski definition) is 3. The van der Waals surface area contributed by atoms with E-state index in [1.54, 1.807) is 21.1 Å². The summed E-state index contributed by atoms with van der Waals surface area (Å²) < 4.78 is 4.95. The van der Waals surface area contributed by atoms with Gasteiger partial charge in [0.1, 0.15) is 27.5 Å². The van der Waals surface area contributed by atoms with Crippen LogP contribution in [0.5, 0.6) is 0 Å². The number of carboxylic acid groups (broad SMARTS) is 1. The third-order valence-corrected chi connectivity index (χ3v) is 0.603. The van der Waals surface area contributed by atoms with Crippen molar-refractivity contribution in [3.63, 3.8) is 0 Å². The zero-order chi connectivity index (χ0) is 9.49. The summed E-state index contributed by atoms with van der Waals surface area (Å²) in [5, 5.41) is 9.89. The van der Waals surface area contributed by atoms with Gasteiger partial charge in [-0.1, -0.05) is 0 Å². The van der Waals surface area contributed by atoms with Crippen molar-refractivity contribution >= 4 is 26.9 Å². The van der Waals surface area contributed by atoms with Crippen LogP contribution in [-0.4, -0.2) is 59.1 Å². The number of hydrogen-bond donors (Lipinski definition) is 0. The molecule has 4 nitrogen and oxygen atoms in total. The Morgan fingerprint density at radius 3 is 1.73 bits per heavy atom. The molecule has 0 N–H and O–H groups in total. The Bertz CT molecular complexity index is 113. The van der Waals surface area contributed by atoms with E-state index in [1.807, 2.05) is 0 Å². The molecule has 0 saturated carbocycles. The summed E-state index contributed by atoms with van der Waals surface area (Å²) in [6, 6.07) is 0. The Hall–Kier alpha value is -0.176. The van der Waals surface area contributed by atoms with Crippen molar-refractivity contribution in [1.29, 1.82) is 0 Å². The van der Waals surface area contributed by atoms with Crippen LogP contribution in [0.2, 0.25) is 0 Å². The highest BCUT2D eigenvalue weighted by molar-refractivity contribution is 6.15. The van der Waals surface area contributed by atoms with E-state index in [9.17, 15) is 9.90 Å². The lowest BCUT2D eigenvalue weighted by molar-refractivity contribution is -0.864. The van der Waals surface area contributed by atoms with E-state index in [4.69, 9.17) is 0 Å². The maximum Gasteiger partial charge on any atom is 0.129 e. The van der Waals surface area contributed by atoms with Crippen LogP contribution in [0.3, 0.4) is 0 Å². The maximum absolute atomic E-state index is 9.89. The highest BCUT2D eigenvalue weighted by Crippen LogP contribution is 1.84. The quantitative estimate of drug-likeness (QED) is 0.333. The van der Waals surface area contributed by atoms with Gasteiger partial charge in [0.25, 0.3) is 0 Å². The number of quaternary nitrogens is 1. The number of nitrogens with zero attached hydrogens (tertiary/aromatic N) is 1. The molecule has 68 valence electrons. The van der Waals surface area contributed by atoms with E-state index < -0.39 is 5.97 Å². The summed E-state index contributed by atoms with van der Waals surface area (Å²) in [7, 11) is 7.27. The zero-order valence-electron chi connectivity index (χ0n) is 7.88. The lowest BCUT2D eigenvalue weighted by Crippen LogP contribution is -2.45. The van der Waals surface area contributed by atoms with Crippen molar-refractivity contribution in [2.24, 2.45) is 0 Å². The molecule has 0 bridgehead atoms. The number of carboxylic acids is 1. The normalized spacial score (nSPS) is 10.5. The summed E-state index contributed by atoms with van der Waals surface area (Å²) in [5.74, 6) is -1.00. The maximum atomic E-state index is 9.89. The van der Waals surface area contributed by atoms with Crippen molar-refractivity contribution in [1.82, 2.24) is 0 Å². The van der Waals surface area contributed by atoms with Crippen LogP contribution in [0, 0.1) is 0 Å². The van der Waals surface area contributed by atoms with Gasteiger partial charge in [-0.05, 0) is 0 Å². The van der Waals surface area contributed by atoms with Crippen LogP contribution in [-0.2, 0) is 8.91 Å². The van der Waals surface area contributed by atoms with Crippen LogP contribution < -0.4 is 5.11 Å². The van der Waals surface area contributed by atoms with Gasteiger partial charge >= 0.3 is 0 Å². The minimum absolute atomic E-state index is 0.0694. The third-order valence-electron chi connectivity index (χ3n) is 0.603. The molecule has 0 aliphatic carbocycles. The molecule has 0 rings (SSSR count). The molecule has 0 fully saturated rings. The molecule has 11 heavy (non-hydrogen) atoms. The second kappa shape index (κ2) is 6.53. The molecule has 0 aliphatic rings. The van der Waals surface area contributed by atoms with Crippen molar-refractivity contribution in [2.75, 3.05) is 27.7 Å². The topological polar surface area (TPSA) is 49.4 Å². The van der Waals surface area contributed by atoms with Gasteiger partial charge in [0, 0.05) is 0 Å². The number of carbonyl (C=O) groups excluding carboxylic acids is 1. The average molecular weight is 195 g/mol. The van der Waals surface area contributed by atoms with Crippen molar-refractivity contribution in [3.8, 4) is 0 Å². The SMILES string of the molecule is C[N+](C)(C)CC(=O)[O-].[SiH3]O[SiH3]. The predicted molar refractivity (Wildman–Crippen MR) is 48.9 cm³/mol. The first-order valence-corrected chi connectivity index (χ1v) is 4.87. The van der Waals surface area contributed by atoms with E-state index in [2.05, 4.69) is 4.12 Å². The Kier molecular flexibility index (Phi) is 7.96. The van der Waals surface area contributed by atoms with Crippen molar-refractivity contribution < 1.29 is 18.5 Å². The Morgan fingerprint density at radius 2 is 1.73 bits per heavy atom. The average Bonchev–Trinajstić information content (AvgIpc) is 1.57. The molecule has 0 radical (unpaired) electrons. The van der Waals surface area contributed by atoms with Gasteiger partial charge in [-0.3, -0.25) is 0 Å². The monoisotopic (exact) mass is 195 g/mol. The van der Waals surface area contributed by atoms with Crippen LogP contribution >= 0.6 is 0 Å². The van der Waals surface area contributed by atoms with Gasteiger partial charge in [-0.2, -0.15) is 0 Å². The van der Waals surface area contributed by atoms with Crippen molar-refractivity contribution in [3.05, 3.63) is 0 Å². The first-order chi connectivity index (χ1) is 4.83. The molecule has 0 aromatic heterocycles. The molecule has 0 aromatic rings. The van der Waals surface area contributed by atoms with Crippen LogP contribution in [0.1, 0.15) is 0 Å². The molecular formula is C5H17NO3Si2. The van der Waals surface area contributed by atoms with Gasteiger partial charge in [0.15, 0.2) is 0 Å². The summed E-state index contributed by atoms with van der Waals surface area (Å²) in [4.78, 5) is 9.89. The summed E-state index contributed by atoms with van der Waals surface area (Å²) >= 11 is 0. The lowest BCUT2D eigenvalue weighted by Gasteiger charge is -2.23. The van der Waals surface area contributed by atoms with E-state index in [-0.39, 0.29) is 6.54 Å². The highest BCUT2D eigenvalue weighted by atomic mass is 28.3. The van der Waals surface area contributed by atoms with E-state index in [0.717, 1.165) is 21.0 Å². The second-order valence-electron chi connectivity index (χ2n) is 3.23. The fourth-order valence-corrected chi connectivity index (χ4v) is 0.387. The summed E-state index contributed by atoms with van der Waals surface area (Å²) in [6.07, 6.45) is 0. The van der Waals surface area contributed by atoms with E-state index >= 15 is 0 Å². The Balaban J connectivity index is 0. The molecule has 6 heteroatoms. The van der Waals surface area contributed by atoms with Gasteiger partial charge in [0.05, 0.1) is 27.1 Å². The molecule has 0 aromatic carbocycles. The molecule has 0 amide bonds. The smallest absolute Gasteiger partial charge is 0.129 e. The van der Waals surface area contributed by atoms with Gasteiger partial charge < -0.3 is 18.5 Å². The Morgan fingerprint density at radius 1 is 1.45 bits per heavy atom. The van der Waals surface area contributed by atoms with Crippen LogP contribution in [0.15, 0.2) is 0 Å². The van der Waals surface area contributed by atoms with Gasteiger partial charge in [-0.25, -0.2) is 0 Å². The third kappa shape index (κ3) is 25.8. The fourth-order valence-electron chi connectivity index (χ4n) is 0.387. The molecule has 0 heterocycles. The molecular weight excluding hydrogens is 178 g/mol.